The molecule has 0 saturated heterocycles. The minimum Gasteiger partial charge on any atom is -0.477 e. The van der Waals surface area contributed by atoms with Crippen LogP contribution in [0.5, 0.6) is 0 Å². The van der Waals surface area contributed by atoms with Crippen LogP contribution < -0.4 is 11.2 Å². The summed E-state index contributed by atoms with van der Waals surface area (Å²) in [6.45, 7) is 2.02. The number of aromatic nitrogens is 1. The molecule has 0 spiro atoms. The molecule has 1 unspecified atom stereocenters. The van der Waals surface area contributed by atoms with Gasteiger partial charge in [-0.2, -0.15) is 0 Å². The molecule has 1 aliphatic rings. The molecule has 0 amide bonds. The van der Waals surface area contributed by atoms with Crippen molar-refractivity contribution in [3.8, 4) is 0 Å². The number of pyridine rings is 1. The minimum atomic E-state index is -1.20. The van der Waals surface area contributed by atoms with Crippen LogP contribution >= 0.6 is 0 Å². The third-order valence-corrected chi connectivity index (χ3v) is 3.76. The summed E-state index contributed by atoms with van der Waals surface area (Å²) >= 11 is 0. The Balaban J connectivity index is 2.53. The van der Waals surface area contributed by atoms with Crippen LogP contribution in [-0.2, 0) is 6.42 Å². The van der Waals surface area contributed by atoms with Gasteiger partial charge in [0.25, 0.3) is 0 Å². The number of carbonyl (C=O) groups is 1. The average molecular weight is 258 g/mol. The maximum Gasteiger partial charge on any atom is 0.341 e. The molecule has 0 saturated carbocycles. The molecule has 2 heterocycles. The molecule has 19 heavy (non-hydrogen) atoms. The molecule has 1 aromatic heterocycles. The largest absolute Gasteiger partial charge is 0.477 e. The van der Waals surface area contributed by atoms with Gasteiger partial charge in [-0.3, -0.25) is 4.79 Å². The molecule has 1 aromatic carbocycles. The van der Waals surface area contributed by atoms with Gasteiger partial charge in [0.05, 0.1) is 5.52 Å². The first-order chi connectivity index (χ1) is 8.99. The van der Waals surface area contributed by atoms with E-state index in [2.05, 4.69) is 0 Å². The Morgan fingerprint density at radius 3 is 2.89 bits per heavy atom. The van der Waals surface area contributed by atoms with Crippen molar-refractivity contribution in [1.82, 2.24) is 4.57 Å². The Hall–Kier alpha value is -2.30. The summed E-state index contributed by atoms with van der Waals surface area (Å²) in [6.07, 6.45) is 3.22. The number of nitrogen functional groups attached to an aromatic ring is 1. The van der Waals surface area contributed by atoms with Gasteiger partial charge in [0.1, 0.15) is 5.56 Å². The summed E-state index contributed by atoms with van der Waals surface area (Å²) in [5.41, 5.74) is 7.50. The Bertz CT molecular complexity index is 761. The van der Waals surface area contributed by atoms with Crippen molar-refractivity contribution >= 4 is 22.6 Å². The van der Waals surface area contributed by atoms with E-state index in [9.17, 15) is 9.59 Å². The van der Waals surface area contributed by atoms with Gasteiger partial charge in [-0.1, -0.05) is 0 Å². The van der Waals surface area contributed by atoms with Crippen LogP contribution in [0.3, 0.4) is 0 Å². The molecule has 0 fully saturated rings. The Morgan fingerprint density at radius 2 is 2.21 bits per heavy atom. The lowest BCUT2D eigenvalue weighted by Gasteiger charge is -2.26. The highest BCUT2D eigenvalue weighted by Crippen LogP contribution is 2.31. The highest BCUT2D eigenvalue weighted by molar-refractivity contribution is 5.94. The number of nitrogens with zero attached hydrogens (tertiary/aromatic N) is 1. The average Bonchev–Trinajstić information content (AvgIpc) is 2.35. The molecule has 5 heteroatoms. The molecule has 3 rings (SSSR count). The standard InChI is InChI=1S/C14H14N2O3/c1-7-2-3-8-4-9(15)5-10-12(8)16(7)6-11(13(10)17)14(18)19/h4-7H,2-3,15H2,1H3,(H,18,19). The number of nitrogens with two attached hydrogens (primary N) is 1. The Labute approximate surface area is 109 Å². The highest BCUT2D eigenvalue weighted by atomic mass is 16.4. The van der Waals surface area contributed by atoms with E-state index in [1.54, 1.807) is 6.07 Å². The lowest BCUT2D eigenvalue weighted by molar-refractivity contribution is 0.0694. The first-order valence-corrected chi connectivity index (χ1v) is 6.19. The third kappa shape index (κ3) is 1.62. The van der Waals surface area contributed by atoms with Gasteiger partial charge in [0, 0.05) is 23.3 Å². The lowest BCUT2D eigenvalue weighted by Crippen LogP contribution is -2.24. The van der Waals surface area contributed by atoms with Crippen LogP contribution in [0.1, 0.15) is 35.3 Å². The normalized spacial score (nSPS) is 17.6. The van der Waals surface area contributed by atoms with E-state index in [0.29, 0.717) is 11.1 Å². The quantitative estimate of drug-likeness (QED) is 0.763. The van der Waals surface area contributed by atoms with Crippen LogP contribution in [0.4, 0.5) is 5.69 Å². The van der Waals surface area contributed by atoms with E-state index in [0.717, 1.165) is 23.9 Å². The summed E-state index contributed by atoms with van der Waals surface area (Å²) in [7, 11) is 0. The van der Waals surface area contributed by atoms with Gasteiger partial charge in [0.2, 0.25) is 5.43 Å². The van der Waals surface area contributed by atoms with Gasteiger partial charge >= 0.3 is 5.97 Å². The first-order valence-electron chi connectivity index (χ1n) is 6.19. The molecule has 1 atom stereocenters. The first kappa shape index (κ1) is 11.8. The molecule has 1 aliphatic heterocycles. The van der Waals surface area contributed by atoms with Crippen molar-refractivity contribution < 1.29 is 9.90 Å². The summed E-state index contributed by atoms with van der Waals surface area (Å²) in [5.74, 6) is -1.20. The molecule has 98 valence electrons. The summed E-state index contributed by atoms with van der Waals surface area (Å²) < 4.78 is 1.89. The minimum absolute atomic E-state index is 0.178. The van der Waals surface area contributed by atoms with Crippen LogP contribution in [0, 0.1) is 0 Å². The molecule has 3 N–H and O–H groups in total. The second-order valence-corrected chi connectivity index (χ2v) is 5.05. The zero-order valence-electron chi connectivity index (χ0n) is 10.5. The van der Waals surface area contributed by atoms with Gasteiger partial charge in [-0.25, -0.2) is 4.79 Å². The molecule has 2 aromatic rings. The summed E-state index contributed by atoms with van der Waals surface area (Å²) in [4.78, 5) is 23.4. The number of rotatable bonds is 1. The van der Waals surface area contributed by atoms with E-state index in [1.165, 1.54) is 6.20 Å². The van der Waals surface area contributed by atoms with Crippen molar-refractivity contribution in [2.45, 2.75) is 25.8 Å². The number of hydrogen-bond donors (Lipinski definition) is 2. The van der Waals surface area contributed by atoms with Crippen LogP contribution in [0.2, 0.25) is 0 Å². The molecule has 0 aliphatic carbocycles. The monoisotopic (exact) mass is 258 g/mol. The van der Waals surface area contributed by atoms with Crippen molar-refractivity contribution in [3.05, 3.63) is 39.7 Å². The Kier molecular flexibility index (Phi) is 2.38. The highest BCUT2D eigenvalue weighted by Gasteiger charge is 2.22. The van der Waals surface area contributed by atoms with Crippen LogP contribution in [0.25, 0.3) is 10.9 Å². The molecule has 0 radical (unpaired) electrons. The van der Waals surface area contributed by atoms with Crippen molar-refractivity contribution in [2.75, 3.05) is 5.73 Å². The van der Waals surface area contributed by atoms with E-state index < -0.39 is 11.4 Å². The van der Waals surface area contributed by atoms with Crippen LogP contribution in [-0.4, -0.2) is 15.6 Å². The number of anilines is 1. The zero-order chi connectivity index (χ0) is 13.7. The number of carboxylic acids is 1. The summed E-state index contributed by atoms with van der Waals surface area (Å²) in [5, 5.41) is 9.55. The number of aryl methyl sites for hydroxylation is 1. The van der Waals surface area contributed by atoms with E-state index in [-0.39, 0.29) is 11.6 Å². The predicted molar refractivity (Wildman–Crippen MR) is 72.6 cm³/mol. The van der Waals surface area contributed by atoms with E-state index >= 15 is 0 Å². The van der Waals surface area contributed by atoms with Crippen molar-refractivity contribution in [1.29, 1.82) is 0 Å². The molecule has 5 nitrogen and oxygen atoms in total. The lowest BCUT2D eigenvalue weighted by atomic mass is 9.95. The van der Waals surface area contributed by atoms with Gasteiger partial charge in [-0.15, -0.1) is 0 Å². The third-order valence-electron chi connectivity index (χ3n) is 3.76. The number of benzene rings is 1. The van der Waals surface area contributed by atoms with Gasteiger partial charge < -0.3 is 15.4 Å². The SMILES string of the molecule is CC1CCc2cc(N)cc3c(=O)c(C(=O)O)cn1c23. The number of aromatic carboxylic acids is 1. The van der Waals surface area contributed by atoms with Gasteiger partial charge in [-0.05, 0) is 37.5 Å². The van der Waals surface area contributed by atoms with E-state index in [4.69, 9.17) is 10.8 Å². The fourth-order valence-corrected chi connectivity index (χ4v) is 2.80. The molecular weight excluding hydrogens is 244 g/mol. The second kappa shape index (κ2) is 3.85. The molecule has 0 bridgehead atoms. The number of hydrogen-bond acceptors (Lipinski definition) is 3. The summed E-state index contributed by atoms with van der Waals surface area (Å²) in [6, 6.07) is 3.62. The smallest absolute Gasteiger partial charge is 0.341 e. The zero-order valence-corrected chi connectivity index (χ0v) is 10.5. The van der Waals surface area contributed by atoms with Crippen LogP contribution in [0.15, 0.2) is 23.1 Å². The topological polar surface area (TPSA) is 85.3 Å². The van der Waals surface area contributed by atoms with Crippen molar-refractivity contribution in [2.24, 2.45) is 0 Å². The van der Waals surface area contributed by atoms with E-state index in [1.807, 2.05) is 17.6 Å². The van der Waals surface area contributed by atoms with Gasteiger partial charge in [0.15, 0.2) is 0 Å². The fraction of sp³-hybridized carbons (Fsp3) is 0.286. The predicted octanol–water partition coefficient (Wildman–Crippen LogP) is 1.79. The molecular formula is C14H14N2O3. The maximum absolute atomic E-state index is 12.2. The maximum atomic E-state index is 12.2. The second-order valence-electron chi connectivity index (χ2n) is 5.05. The Morgan fingerprint density at radius 1 is 1.47 bits per heavy atom. The number of carboxylic acid groups (broad SMARTS) is 1. The van der Waals surface area contributed by atoms with Crippen molar-refractivity contribution in [3.63, 3.8) is 0 Å². The fourth-order valence-electron chi connectivity index (χ4n) is 2.80.